The number of rotatable bonds is 2. The van der Waals surface area contributed by atoms with Crippen molar-refractivity contribution in [2.45, 2.75) is 6.61 Å². The summed E-state index contributed by atoms with van der Waals surface area (Å²) in [6, 6.07) is 7.63. The molecule has 2 rings (SSSR count). The number of nitrogens with zero attached hydrogens (tertiary/aromatic N) is 2. The summed E-state index contributed by atoms with van der Waals surface area (Å²) in [5, 5.41) is 13.1. The topological polar surface area (TPSA) is 64.1 Å². The van der Waals surface area contributed by atoms with Gasteiger partial charge >= 0.3 is 0 Å². The lowest BCUT2D eigenvalue weighted by atomic mass is 10.3. The molecule has 5 heteroatoms. The number of aliphatic hydroxyl groups excluding tert-OH is 1. The second kappa shape index (κ2) is 4.04. The van der Waals surface area contributed by atoms with Crippen LogP contribution in [-0.2, 0) is 6.61 Å². The van der Waals surface area contributed by atoms with Crippen LogP contribution in [0.2, 0.25) is 0 Å². The van der Waals surface area contributed by atoms with Crippen LogP contribution in [0.5, 0.6) is 0 Å². The van der Waals surface area contributed by atoms with Crippen LogP contribution in [0.4, 0.5) is 5.82 Å². The van der Waals surface area contributed by atoms with Crippen molar-refractivity contribution in [3.8, 4) is 5.69 Å². The van der Waals surface area contributed by atoms with Gasteiger partial charge in [0, 0.05) is 10.0 Å². The summed E-state index contributed by atoms with van der Waals surface area (Å²) in [7, 11) is 0. The smallest absolute Gasteiger partial charge is 0.132 e. The number of aromatic nitrogens is 2. The lowest BCUT2D eigenvalue weighted by Gasteiger charge is -2.04. The highest BCUT2D eigenvalue weighted by Gasteiger charge is 2.07. The normalized spacial score (nSPS) is 10.5. The van der Waals surface area contributed by atoms with E-state index in [4.69, 9.17) is 10.8 Å². The highest BCUT2D eigenvalue weighted by Crippen LogP contribution is 2.19. The van der Waals surface area contributed by atoms with Crippen LogP contribution in [0.1, 0.15) is 5.56 Å². The van der Waals surface area contributed by atoms with E-state index in [9.17, 15) is 0 Å². The van der Waals surface area contributed by atoms with Gasteiger partial charge in [-0.3, -0.25) is 0 Å². The first-order chi connectivity index (χ1) is 7.22. The molecule has 1 heterocycles. The zero-order valence-electron chi connectivity index (χ0n) is 7.89. The van der Waals surface area contributed by atoms with E-state index in [2.05, 4.69) is 21.0 Å². The third-order valence-corrected chi connectivity index (χ3v) is 2.60. The first-order valence-corrected chi connectivity index (χ1v) is 5.21. The molecule has 3 N–H and O–H groups in total. The molecular weight excluding hydrogens is 258 g/mol. The number of nitrogen functional groups attached to an aromatic ring is 1. The van der Waals surface area contributed by atoms with E-state index in [0.29, 0.717) is 11.4 Å². The van der Waals surface area contributed by atoms with E-state index in [0.717, 1.165) is 10.2 Å². The molecule has 0 aliphatic heterocycles. The molecule has 4 nitrogen and oxygen atoms in total. The molecule has 1 aromatic carbocycles. The molecule has 78 valence electrons. The van der Waals surface area contributed by atoms with E-state index in [1.807, 2.05) is 24.3 Å². The first kappa shape index (κ1) is 10.2. The minimum Gasteiger partial charge on any atom is -0.391 e. The van der Waals surface area contributed by atoms with Crippen molar-refractivity contribution in [2.75, 3.05) is 5.73 Å². The highest BCUT2D eigenvalue weighted by molar-refractivity contribution is 9.10. The fraction of sp³-hybridized carbons (Fsp3) is 0.100. The summed E-state index contributed by atoms with van der Waals surface area (Å²) in [6.45, 7) is -0.0974. The second-order valence-electron chi connectivity index (χ2n) is 3.10. The Hall–Kier alpha value is -1.33. The third-order valence-electron chi connectivity index (χ3n) is 2.11. The average molecular weight is 268 g/mol. The number of anilines is 1. The lowest BCUT2D eigenvalue weighted by Crippen LogP contribution is -2.02. The summed E-state index contributed by atoms with van der Waals surface area (Å²) >= 11 is 3.38. The van der Waals surface area contributed by atoms with E-state index in [-0.39, 0.29) is 6.61 Å². The molecule has 0 saturated carbocycles. The molecule has 0 unspecified atom stereocenters. The van der Waals surface area contributed by atoms with Gasteiger partial charge in [0.1, 0.15) is 5.82 Å². The van der Waals surface area contributed by atoms with E-state index < -0.39 is 0 Å². The Morgan fingerprint density at radius 2 is 2.27 bits per heavy atom. The van der Waals surface area contributed by atoms with E-state index >= 15 is 0 Å². The number of halogens is 1. The molecule has 0 aliphatic carbocycles. The number of hydrogen-bond donors (Lipinski definition) is 2. The van der Waals surface area contributed by atoms with Gasteiger partial charge in [-0.2, -0.15) is 5.10 Å². The molecule has 0 spiro atoms. The van der Waals surface area contributed by atoms with Crippen LogP contribution in [0, 0.1) is 0 Å². The zero-order valence-corrected chi connectivity index (χ0v) is 9.48. The van der Waals surface area contributed by atoms with Crippen molar-refractivity contribution in [1.82, 2.24) is 9.78 Å². The molecule has 0 saturated heterocycles. The number of benzene rings is 1. The Bertz CT molecular complexity index is 481. The van der Waals surface area contributed by atoms with Crippen LogP contribution < -0.4 is 5.73 Å². The predicted octanol–water partition coefficient (Wildman–Crippen LogP) is 1.71. The summed E-state index contributed by atoms with van der Waals surface area (Å²) in [4.78, 5) is 0. The minimum atomic E-state index is -0.0974. The quantitative estimate of drug-likeness (QED) is 0.871. The van der Waals surface area contributed by atoms with Gasteiger partial charge in [-0.15, -0.1) is 0 Å². The minimum absolute atomic E-state index is 0.0974. The van der Waals surface area contributed by atoms with Gasteiger partial charge in [-0.05, 0) is 18.2 Å². The summed E-state index contributed by atoms with van der Waals surface area (Å²) < 4.78 is 2.55. The van der Waals surface area contributed by atoms with Gasteiger partial charge in [0.25, 0.3) is 0 Å². The van der Waals surface area contributed by atoms with E-state index in [1.165, 1.54) is 0 Å². The molecular formula is C10H10BrN3O. The maximum atomic E-state index is 8.99. The van der Waals surface area contributed by atoms with Gasteiger partial charge in [-0.25, -0.2) is 4.68 Å². The second-order valence-corrected chi connectivity index (χ2v) is 4.02. The van der Waals surface area contributed by atoms with Crippen molar-refractivity contribution < 1.29 is 5.11 Å². The Morgan fingerprint density at radius 3 is 2.87 bits per heavy atom. The maximum Gasteiger partial charge on any atom is 0.132 e. The van der Waals surface area contributed by atoms with Crippen LogP contribution in [0.25, 0.3) is 5.69 Å². The van der Waals surface area contributed by atoms with Gasteiger partial charge in [0.15, 0.2) is 0 Å². The Morgan fingerprint density at radius 1 is 1.47 bits per heavy atom. The molecule has 2 aromatic rings. The van der Waals surface area contributed by atoms with Crippen molar-refractivity contribution in [1.29, 1.82) is 0 Å². The van der Waals surface area contributed by atoms with E-state index in [1.54, 1.807) is 10.9 Å². The van der Waals surface area contributed by atoms with Gasteiger partial charge in [-0.1, -0.05) is 22.0 Å². The van der Waals surface area contributed by atoms with Gasteiger partial charge in [0.05, 0.1) is 18.5 Å². The Labute approximate surface area is 95.5 Å². The fourth-order valence-corrected chi connectivity index (χ4v) is 1.71. The van der Waals surface area contributed by atoms with Crippen LogP contribution >= 0.6 is 15.9 Å². The number of nitrogens with two attached hydrogens (primary N) is 1. The molecule has 0 radical (unpaired) electrons. The van der Waals surface area contributed by atoms with Gasteiger partial charge < -0.3 is 10.8 Å². The monoisotopic (exact) mass is 267 g/mol. The molecule has 0 fully saturated rings. The van der Waals surface area contributed by atoms with Crippen LogP contribution in [0.15, 0.2) is 34.9 Å². The van der Waals surface area contributed by atoms with Crippen LogP contribution in [-0.4, -0.2) is 14.9 Å². The molecule has 0 atom stereocenters. The maximum absolute atomic E-state index is 8.99. The van der Waals surface area contributed by atoms with Crippen molar-refractivity contribution in [3.63, 3.8) is 0 Å². The standard InChI is InChI=1S/C10H10BrN3O/c11-8-2-1-3-9(4-8)14-10(12)7(6-15)5-13-14/h1-5,15H,6,12H2. The summed E-state index contributed by atoms with van der Waals surface area (Å²) in [5.41, 5.74) is 7.32. The first-order valence-electron chi connectivity index (χ1n) is 4.41. The number of hydrogen-bond acceptors (Lipinski definition) is 3. The Balaban J connectivity index is 2.49. The fourth-order valence-electron chi connectivity index (χ4n) is 1.33. The third kappa shape index (κ3) is 1.88. The predicted molar refractivity (Wildman–Crippen MR) is 61.6 cm³/mol. The summed E-state index contributed by atoms with van der Waals surface area (Å²) in [6.07, 6.45) is 1.57. The summed E-state index contributed by atoms with van der Waals surface area (Å²) in [5.74, 6) is 0.468. The largest absolute Gasteiger partial charge is 0.391 e. The molecule has 15 heavy (non-hydrogen) atoms. The number of aliphatic hydroxyl groups is 1. The molecule has 0 bridgehead atoms. The molecule has 1 aromatic heterocycles. The highest BCUT2D eigenvalue weighted by atomic mass is 79.9. The average Bonchev–Trinajstić information content (AvgIpc) is 2.59. The van der Waals surface area contributed by atoms with Gasteiger partial charge in [0.2, 0.25) is 0 Å². The van der Waals surface area contributed by atoms with Crippen LogP contribution in [0.3, 0.4) is 0 Å². The molecule has 0 amide bonds. The van der Waals surface area contributed by atoms with Crippen molar-refractivity contribution >= 4 is 21.7 Å². The van der Waals surface area contributed by atoms with Crippen molar-refractivity contribution in [2.24, 2.45) is 0 Å². The molecule has 0 aliphatic rings. The SMILES string of the molecule is Nc1c(CO)cnn1-c1cccc(Br)c1. The Kier molecular flexibility index (Phi) is 2.75. The van der Waals surface area contributed by atoms with Crippen molar-refractivity contribution in [3.05, 3.63) is 40.5 Å². The lowest BCUT2D eigenvalue weighted by molar-refractivity contribution is 0.282. The zero-order chi connectivity index (χ0) is 10.8.